The number of aromatic nitrogens is 1. The van der Waals surface area contributed by atoms with E-state index in [0.717, 1.165) is 12.3 Å². The third-order valence-electron chi connectivity index (χ3n) is 1.99. The number of pyridine rings is 1. The van der Waals surface area contributed by atoms with Crippen molar-refractivity contribution in [2.45, 2.75) is 12.8 Å². The summed E-state index contributed by atoms with van der Waals surface area (Å²) in [6.45, 7) is 0.353. The number of amidine groups is 1. The molecular weight excluding hydrogens is 227 g/mol. The summed E-state index contributed by atoms with van der Waals surface area (Å²) in [4.78, 5) is 15.0. The minimum atomic E-state index is -0.561. The normalized spacial score (nSPS) is 11.2. The molecule has 0 aromatic carbocycles. The Balaban J connectivity index is 2.35. The van der Waals surface area contributed by atoms with Crippen molar-refractivity contribution in [3.05, 3.63) is 29.8 Å². The fourth-order valence-electron chi connectivity index (χ4n) is 1.16. The molecule has 0 spiro atoms. The van der Waals surface area contributed by atoms with E-state index in [1.165, 1.54) is 6.20 Å². The van der Waals surface area contributed by atoms with E-state index in [1.807, 2.05) is 0 Å². The van der Waals surface area contributed by atoms with Crippen molar-refractivity contribution in [2.24, 2.45) is 10.9 Å². The highest BCUT2D eigenvalue weighted by Crippen LogP contribution is 2.00. The Labute approximate surface area is 97.3 Å². The van der Waals surface area contributed by atoms with Gasteiger partial charge in [0.1, 0.15) is 11.7 Å². The monoisotopic (exact) mass is 240 g/mol. The summed E-state index contributed by atoms with van der Waals surface area (Å²) in [6.07, 6.45) is 3.21. The smallest absolute Gasteiger partial charge is 0.252 e. The van der Waals surface area contributed by atoms with Crippen LogP contribution in [-0.2, 0) is 0 Å². The molecule has 1 aromatic rings. The Hall–Kier alpha value is -2.18. The number of carbonyl (C=O) groups excluding carboxylic acids is 1. The van der Waals surface area contributed by atoms with Gasteiger partial charge in [0.2, 0.25) is 0 Å². The second-order valence-corrected chi connectivity index (χ2v) is 3.34. The van der Waals surface area contributed by atoms with Crippen LogP contribution in [0.25, 0.3) is 0 Å². The summed E-state index contributed by atoms with van der Waals surface area (Å²) in [6, 6.07) is 1.10. The molecule has 1 aromatic heterocycles. The van der Waals surface area contributed by atoms with Crippen LogP contribution >= 0.6 is 0 Å². The lowest BCUT2D eigenvalue weighted by Crippen LogP contribution is -2.25. The van der Waals surface area contributed by atoms with Gasteiger partial charge in [-0.2, -0.15) is 0 Å². The lowest BCUT2D eigenvalue weighted by atomic mass is 10.2. The Kier molecular flexibility index (Phi) is 4.86. The van der Waals surface area contributed by atoms with E-state index >= 15 is 0 Å². The first-order valence-corrected chi connectivity index (χ1v) is 4.98. The summed E-state index contributed by atoms with van der Waals surface area (Å²) in [5.41, 5.74) is 5.41. The molecule has 0 radical (unpaired) electrons. The largest absolute Gasteiger partial charge is 0.409 e. The molecule has 92 valence electrons. The minimum Gasteiger partial charge on any atom is -0.409 e. The van der Waals surface area contributed by atoms with Gasteiger partial charge in [-0.3, -0.25) is 9.78 Å². The highest BCUT2D eigenvalue weighted by Gasteiger charge is 2.06. The molecule has 0 saturated heterocycles. The summed E-state index contributed by atoms with van der Waals surface area (Å²) in [5.74, 6) is -0.863. The van der Waals surface area contributed by atoms with Gasteiger partial charge in [-0.25, -0.2) is 4.39 Å². The zero-order valence-corrected chi connectivity index (χ0v) is 9.06. The molecule has 0 atom stereocenters. The van der Waals surface area contributed by atoms with Crippen molar-refractivity contribution in [2.75, 3.05) is 6.54 Å². The molecule has 0 unspecified atom stereocenters. The summed E-state index contributed by atoms with van der Waals surface area (Å²) in [5, 5.41) is 13.6. The lowest BCUT2D eigenvalue weighted by Gasteiger charge is -2.04. The highest BCUT2D eigenvalue weighted by atomic mass is 19.1. The predicted molar refractivity (Wildman–Crippen MR) is 59.2 cm³/mol. The number of amides is 1. The second kappa shape index (κ2) is 6.41. The van der Waals surface area contributed by atoms with E-state index in [4.69, 9.17) is 10.9 Å². The average Bonchev–Trinajstić information content (AvgIpc) is 2.34. The van der Waals surface area contributed by atoms with Gasteiger partial charge in [-0.1, -0.05) is 5.16 Å². The van der Waals surface area contributed by atoms with Crippen LogP contribution in [-0.4, -0.2) is 28.5 Å². The zero-order chi connectivity index (χ0) is 12.7. The first-order valence-electron chi connectivity index (χ1n) is 4.98. The summed E-state index contributed by atoms with van der Waals surface area (Å²) >= 11 is 0. The molecule has 0 fully saturated rings. The Morgan fingerprint density at radius 2 is 2.35 bits per heavy atom. The van der Waals surface area contributed by atoms with Crippen LogP contribution in [0.5, 0.6) is 0 Å². The number of nitrogens with one attached hydrogen (secondary N) is 1. The summed E-state index contributed by atoms with van der Waals surface area (Å²) in [7, 11) is 0. The molecule has 0 bridgehead atoms. The van der Waals surface area contributed by atoms with Gasteiger partial charge in [0.05, 0.1) is 11.8 Å². The maximum absolute atomic E-state index is 12.8. The number of nitrogens with zero attached hydrogens (tertiary/aromatic N) is 2. The van der Waals surface area contributed by atoms with Crippen LogP contribution in [0.3, 0.4) is 0 Å². The SMILES string of the molecule is N/C(CCCNC(=O)c1cncc(F)c1)=N/O. The molecule has 1 rings (SSSR count). The molecule has 0 saturated carbocycles. The number of rotatable bonds is 5. The highest BCUT2D eigenvalue weighted by molar-refractivity contribution is 5.93. The van der Waals surface area contributed by atoms with Gasteiger partial charge in [0.15, 0.2) is 0 Å². The third kappa shape index (κ3) is 4.45. The standard InChI is InChI=1S/C10H13FN4O2/c11-8-4-7(5-13-6-8)10(16)14-3-1-2-9(12)15-17/h4-6,17H,1-3H2,(H2,12,15)(H,14,16). The number of carbonyl (C=O) groups is 1. The minimum absolute atomic E-state index is 0.103. The van der Waals surface area contributed by atoms with Crippen LogP contribution in [0, 0.1) is 5.82 Å². The Morgan fingerprint density at radius 3 is 3.00 bits per heavy atom. The zero-order valence-electron chi connectivity index (χ0n) is 9.06. The van der Waals surface area contributed by atoms with E-state index in [2.05, 4.69) is 15.5 Å². The first-order chi connectivity index (χ1) is 8.13. The number of oxime groups is 1. The fraction of sp³-hybridized carbons (Fsp3) is 0.300. The van der Waals surface area contributed by atoms with Gasteiger partial charge in [0, 0.05) is 19.2 Å². The molecule has 1 heterocycles. The second-order valence-electron chi connectivity index (χ2n) is 3.34. The molecule has 17 heavy (non-hydrogen) atoms. The quantitative estimate of drug-likeness (QED) is 0.229. The molecule has 1 amide bonds. The van der Waals surface area contributed by atoms with Gasteiger partial charge in [-0.05, 0) is 12.5 Å². The first kappa shape index (κ1) is 12.9. The molecule has 4 N–H and O–H groups in total. The van der Waals surface area contributed by atoms with Crippen LogP contribution in [0.1, 0.15) is 23.2 Å². The Morgan fingerprint density at radius 1 is 1.59 bits per heavy atom. The van der Waals surface area contributed by atoms with Crippen LogP contribution < -0.4 is 11.1 Å². The number of hydrogen-bond donors (Lipinski definition) is 3. The number of hydrogen-bond acceptors (Lipinski definition) is 4. The van der Waals surface area contributed by atoms with Crippen molar-refractivity contribution in [3.8, 4) is 0 Å². The van der Waals surface area contributed by atoms with Crippen molar-refractivity contribution < 1.29 is 14.4 Å². The van der Waals surface area contributed by atoms with Crippen molar-refractivity contribution >= 4 is 11.7 Å². The molecule has 0 aliphatic heterocycles. The molecule has 0 aliphatic rings. The summed E-state index contributed by atoms with van der Waals surface area (Å²) < 4.78 is 12.8. The van der Waals surface area contributed by atoms with Gasteiger partial charge in [0.25, 0.3) is 5.91 Å². The molecular formula is C10H13FN4O2. The lowest BCUT2D eigenvalue weighted by molar-refractivity contribution is 0.0952. The maximum atomic E-state index is 12.8. The number of nitrogens with two attached hydrogens (primary N) is 1. The Bertz CT molecular complexity index is 423. The van der Waals surface area contributed by atoms with E-state index in [1.54, 1.807) is 0 Å². The predicted octanol–water partition coefficient (Wildman–Crippen LogP) is 0.477. The third-order valence-corrected chi connectivity index (χ3v) is 1.99. The maximum Gasteiger partial charge on any atom is 0.252 e. The van der Waals surface area contributed by atoms with Gasteiger partial charge < -0.3 is 16.3 Å². The van der Waals surface area contributed by atoms with Crippen molar-refractivity contribution in [3.63, 3.8) is 0 Å². The molecule has 0 aliphatic carbocycles. The molecule has 7 heteroatoms. The van der Waals surface area contributed by atoms with Gasteiger partial charge in [-0.15, -0.1) is 0 Å². The fourth-order valence-corrected chi connectivity index (χ4v) is 1.16. The van der Waals surface area contributed by atoms with Crippen LogP contribution in [0.2, 0.25) is 0 Å². The van der Waals surface area contributed by atoms with E-state index in [9.17, 15) is 9.18 Å². The number of halogens is 1. The van der Waals surface area contributed by atoms with Crippen molar-refractivity contribution in [1.29, 1.82) is 0 Å². The van der Waals surface area contributed by atoms with E-state index in [-0.39, 0.29) is 11.4 Å². The van der Waals surface area contributed by atoms with Crippen molar-refractivity contribution in [1.82, 2.24) is 10.3 Å². The molecule has 6 nitrogen and oxygen atoms in total. The average molecular weight is 240 g/mol. The topological polar surface area (TPSA) is 101 Å². The van der Waals surface area contributed by atoms with E-state index in [0.29, 0.717) is 19.4 Å². The van der Waals surface area contributed by atoms with Crippen LogP contribution in [0.4, 0.5) is 4.39 Å². The van der Waals surface area contributed by atoms with Gasteiger partial charge >= 0.3 is 0 Å². The van der Waals surface area contributed by atoms with Crippen LogP contribution in [0.15, 0.2) is 23.6 Å². The van der Waals surface area contributed by atoms with E-state index < -0.39 is 11.7 Å².